The lowest BCUT2D eigenvalue weighted by Gasteiger charge is -2.34. The topological polar surface area (TPSA) is 21.3 Å². The molecule has 1 saturated heterocycles. The van der Waals surface area contributed by atoms with Gasteiger partial charge in [0.25, 0.3) is 0 Å². The van der Waals surface area contributed by atoms with Crippen LogP contribution in [-0.2, 0) is 4.74 Å². The van der Waals surface area contributed by atoms with Gasteiger partial charge in [0.15, 0.2) is 0 Å². The average molecular weight is 208 g/mol. The Kier molecular flexibility index (Phi) is 3.14. The maximum absolute atomic E-state index is 5.44. The SMILES string of the molecule is COC1(CBr)CCNCC1. The first-order valence-electron chi connectivity index (χ1n) is 3.65. The van der Waals surface area contributed by atoms with E-state index in [4.69, 9.17) is 4.74 Å². The van der Waals surface area contributed by atoms with Crippen molar-refractivity contribution in [2.24, 2.45) is 0 Å². The molecule has 1 heterocycles. The third kappa shape index (κ3) is 1.71. The van der Waals surface area contributed by atoms with Gasteiger partial charge in [-0.1, -0.05) is 15.9 Å². The second-order valence-corrected chi connectivity index (χ2v) is 3.33. The maximum Gasteiger partial charge on any atom is 0.0799 e. The molecular formula is C7H14BrNO. The molecule has 0 aromatic heterocycles. The van der Waals surface area contributed by atoms with Gasteiger partial charge in [-0.25, -0.2) is 0 Å². The Morgan fingerprint density at radius 2 is 2.10 bits per heavy atom. The summed E-state index contributed by atoms with van der Waals surface area (Å²) in [6.07, 6.45) is 2.24. The monoisotopic (exact) mass is 207 g/mol. The van der Waals surface area contributed by atoms with Gasteiger partial charge in [-0.2, -0.15) is 0 Å². The van der Waals surface area contributed by atoms with Gasteiger partial charge in [-0.15, -0.1) is 0 Å². The average Bonchev–Trinajstić information content (AvgIpc) is 2.06. The predicted octanol–water partition coefficient (Wildman–Crippen LogP) is 1.15. The lowest BCUT2D eigenvalue weighted by molar-refractivity contribution is -0.0126. The van der Waals surface area contributed by atoms with Crippen molar-refractivity contribution in [3.05, 3.63) is 0 Å². The van der Waals surface area contributed by atoms with Crippen molar-refractivity contribution in [2.75, 3.05) is 25.5 Å². The summed E-state index contributed by atoms with van der Waals surface area (Å²) in [6, 6.07) is 0. The van der Waals surface area contributed by atoms with Crippen LogP contribution in [0.25, 0.3) is 0 Å². The summed E-state index contributed by atoms with van der Waals surface area (Å²) in [5.74, 6) is 0. The van der Waals surface area contributed by atoms with Crippen LogP contribution in [0.15, 0.2) is 0 Å². The van der Waals surface area contributed by atoms with Crippen LogP contribution in [0.1, 0.15) is 12.8 Å². The van der Waals surface area contributed by atoms with Gasteiger partial charge in [0.05, 0.1) is 5.60 Å². The first kappa shape index (κ1) is 8.50. The summed E-state index contributed by atoms with van der Waals surface area (Å²) in [5, 5.41) is 4.26. The molecule has 0 bridgehead atoms. The van der Waals surface area contributed by atoms with E-state index in [1.807, 2.05) is 0 Å². The van der Waals surface area contributed by atoms with Crippen molar-refractivity contribution in [1.82, 2.24) is 5.32 Å². The van der Waals surface area contributed by atoms with Crippen LogP contribution in [0.5, 0.6) is 0 Å². The van der Waals surface area contributed by atoms with Gasteiger partial charge in [0.1, 0.15) is 0 Å². The number of alkyl halides is 1. The Labute approximate surface area is 70.5 Å². The molecule has 0 spiro atoms. The highest BCUT2D eigenvalue weighted by Crippen LogP contribution is 2.23. The van der Waals surface area contributed by atoms with Crippen molar-refractivity contribution in [3.8, 4) is 0 Å². The molecule has 0 aromatic carbocycles. The van der Waals surface area contributed by atoms with Crippen molar-refractivity contribution in [3.63, 3.8) is 0 Å². The Morgan fingerprint density at radius 1 is 1.50 bits per heavy atom. The second kappa shape index (κ2) is 3.69. The quantitative estimate of drug-likeness (QED) is 0.687. The molecule has 0 saturated carbocycles. The molecule has 0 aliphatic carbocycles. The summed E-state index contributed by atoms with van der Waals surface area (Å²) in [7, 11) is 1.80. The highest BCUT2D eigenvalue weighted by molar-refractivity contribution is 9.09. The molecule has 10 heavy (non-hydrogen) atoms. The molecule has 1 aliphatic heterocycles. The Balaban J connectivity index is 2.44. The third-order valence-electron chi connectivity index (χ3n) is 2.19. The number of ether oxygens (including phenoxy) is 1. The summed E-state index contributed by atoms with van der Waals surface area (Å²) in [6.45, 7) is 2.17. The van der Waals surface area contributed by atoms with Crippen LogP contribution in [0.4, 0.5) is 0 Å². The van der Waals surface area contributed by atoms with E-state index >= 15 is 0 Å². The highest BCUT2D eigenvalue weighted by Gasteiger charge is 2.29. The number of rotatable bonds is 2. The molecule has 0 radical (unpaired) electrons. The van der Waals surface area contributed by atoms with E-state index in [2.05, 4.69) is 21.2 Å². The van der Waals surface area contributed by atoms with Gasteiger partial charge in [-0.05, 0) is 25.9 Å². The summed E-state index contributed by atoms with van der Waals surface area (Å²) >= 11 is 3.48. The van der Waals surface area contributed by atoms with Crippen LogP contribution < -0.4 is 5.32 Å². The van der Waals surface area contributed by atoms with Crippen molar-refractivity contribution in [2.45, 2.75) is 18.4 Å². The molecule has 3 heteroatoms. The lowest BCUT2D eigenvalue weighted by atomic mass is 9.95. The van der Waals surface area contributed by atoms with E-state index in [1.165, 1.54) is 0 Å². The minimum absolute atomic E-state index is 0.116. The summed E-state index contributed by atoms with van der Waals surface area (Å²) in [4.78, 5) is 0. The van der Waals surface area contributed by atoms with Crippen LogP contribution in [0.3, 0.4) is 0 Å². The largest absolute Gasteiger partial charge is 0.377 e. The zero-order valence-electron chi connectivity index (χ0n) is 6.32. The first-order chi connectivity index (χ1) is 4.83. The number of methoxy groups -OCH3 is 1. The van der Waals surface area contributed by atoms with Crippen LogP contribution in [0.2, 0.25) is 0 Å². The number of hydrogen-bond donors (Lipinski definition) is 1. The molecule has 60 valence electrons. The van der Waals surface area contributed by atoms with E-state index < -0.39 is 0 Å². The van der Waals surface area contributed by atoms with Gasteiger partial charge in [0, 0.05) is 12.4 Å². The minimum Gasteiger partial charge on any atom is -0.377 e. The van der Waals surface area contributed by atoms with Crippen molar-refractivity contribution < 1.29 is 4.74 Å². The highest BCUT2D eigenvalue weighted by atomic mass is 79.9. The first-order valence-corrected chi connectivity index (χ1v) is 4.77. The van der Waals surface area contributed by atoms with Gasteiger partial charge in [0.2, 0.25) is 0 Å². The van der Waals surface area contributed by atoms with Gasteiger partial charge in [-0.3, -0.25) is 0 Å². The number of hydrogen-bond acceptors (Lipinski definition) is 2. The zero-order valence-corrected chi connectivity index (χ0v) is 7.91. The Bertz CT molecular complexity index is 95.8. The van der Waals surface area contributed by atoms with Crippen LogP contribution >= 0.6 is 15.9 Å². The fraction of sp³-hybridized carbons (Fsp3) is 1.00. The predicted molar refractivity (Wildman–Crippen MR) is 45.6 cm³/mol. The number of piperidine rings is 1. The fourth-order valence-electron chi connectivity index (χ4n) is 1.27. The van der Waals surface area contributed by atoms with E-state index in [9.17, 15) is 0 Å². The fourth-order valence-corrected chi connectivity index (χ4v) is 2.06. The molecular weight excluding hydrogens is 194 g/mol. The molecule has 1 fully saturated rings. The van der Waals surface area contributed by atoms with Crippen molar-refractivity contribution in [1.29, 1.82) is 0 Å². The Morgan fingerprint density at radius 3 is 2.40 bits per heavy atom. The molecule has 1 N–H and O–H groups in total. The van der Waals surface area contributed by atoms with E-state index in [-0.39, 0.29) is 5.60 Å². The van der Waals surface area contributed by atoms with E-state index in [0.717, 1.165) is 31.3 Å². The third-order valence-corrected chi connectivity index (χ3v) is 3.21. The molecule has 0 amide bonds. The smallest absolute Gasteiger partial charge is 0.0799 e. The second-order valence-electron chi connectivity index (χ2n) is 2.77. The normalized spacial score (nSPS) is 24.6. The summed E-state index contributed by atoms with van der Waals surface area (Å²) in [5.41, 5.74) is 0.116. The number of nitrogens with one attached hydrogen (secondary N) is 1. The van der Waals surface area contributed by atoms with Crippen LogP contribution in [-0.4, -0.2) is 31.1 Å². The zero-order chi connectivity index (χ0) is 7.45. The molecule has 1 aliphatic rings. The Hall–Kier alpha value is 0.400. The molecule has 2 nitrogen and oxygen atoms in total. The molecule has 0 unspecified atom stereocenters. The van der Waals surface area contributed by atoms with Gasteiger partial charge < -0.3 is 10.1 Å². The van der Waals surface area contributed by atoms with E-state index in [0.29, 0.717) is 0 Å². The number of halogens is 1. The maximum atomic E-state index is 5.44. The van der Waals surface area contributed by atoms with Gasteiger partial charge >= 0.3 is 0 Å². The molecule has 1 rings (SSSR count). The standard InChI is InChI=1S/C7H14BrNO/c1-10-7(6-8)2-4-9-5-3-7/h9H,2-6H2,1H3. The van der Waals surface area contributed by atoms with E-state index in [1.54, 1.807) is 7.11 Å². The lowest BCUT2D eigenvalue weighted by Crippen LogP contribution is -2.44. The summed E-state index contributed by atoms with van der Waals surface area (Å²) < 4.78 is 5.44. The minimum atomic E-state index is 0.116. The van der Waals surface area contributed by atoms with Crippen LogP contribution in [0, 0.1) is 0 Å². The van der Waals surface area contributed by atoms with Crippen molar-refractivity contribution >= 4 is 15.9 Å². The molecule has 0 aromatic rings. The molecule has 0 atom stereocenters.